The summed E-state index contributed by atoms with van der Waals surface area (Å²) in [5.74, 6) is -1.04. The van der Waals surface area contributed by atoms with Crippen molar-refractivity contribution in [2.45, 2.75) is 25.9 Å². The normalized spacial score (nSPS) is 12.1. The van der Waals surface area contributed by atoms with Gasteiger partial charge in [0.2, 0.25) is 21.8 Å². The highest BCUT2D eigenvalue weighted by molar-refractivity contribution is 7.92. The number of carbonyl (C=O) groups excluding carboxylic acids is 2. The number of nitrogens with one attached hydrogen (secondary N) is 1. The minimum absolute atomic E-state index is 0.117. The van der Waals surface area contributed by atoms with Crippen molar-refractivity contribution in [1.29, 1.82) is 0 Å². The number of halogens is 3. The van der Waals surface area contributed by atoms with E-state index in [1.54, 1.807) is 37.3 Å². The summed E-state index contributed by atoms with van der Waals surface area (Å²) in [7, 11) is -2.43. The zero-order chi connectivity index (χ0) is 28.0. The monoisotopic (exact) mass is 595 g/mol. The van der Waals surface area contributed by atoms with Gasteiger partial charge in [-0.15, -0.1) is 0 Å². The molecule has 0 aliphatic carbocycles. The van der Waals surface area contributed by atoms with Crippen molar-refractivity contribution in [3.63, 3.8) is 0 Å². The van der Waals surface area contributed by atoms with E-state index in [9.17, 15) is 18.0 Å². The van der Waals surface area contributed by atoms with Crippen LogP contribution in [0.1, 0.15) is 16.7 Å². The van der Waals surface area contributed by atoms with Gasteiger partial charge in [0.1, 0.15) is 12.6 Å². The van der Waals surface area contributed by atoms with Crippen LogP contribution in [0, 0.1) is 6.92 Å². The van der Waals surface area contributed by atoms with Gasteiger partial charge in [0, 0.05) is 40.6 Å². The molecule has 0 aliphatic rings. The molecule has 0 radical (unpaired) electrons. The first-order valence-corrected chi connectivity index (χ1v) is 14.6. The number of sulfonamides is 1. The number of hydrogen-bond donors (Lipinski definition) is 1. The van der Waals surface area contributed by atoms with Gasteiger partial charge in [0.15, 0.2) is 0 Å². The molecule has 3 rings (SSSR count). The van der Waals surface area contributed by atoms with Crippen molar-refractivity contribution >= 4 is 62.3 Å². The topological polar surface area (TPSA) is 86.8 Å². The molecule has 0 bridgehead atoms. The van der Waals surface area contributed by atoms with Crippen LogP contribution in [0.25, 0.3) is 0 Å². The molecule has 0 saturated heterocycles. The third-order valence-electron chi connectivity index (χ3n) is 6.03. The molecule has 0 heterocycles. The second-order valence-electron chi connectivity index (χ2n) is 8.74. The van der Waals surface area contributed by atoms with Crippen molar-refractivity contribution in [3.8, 4) is 0 Å². The fraction of sp³-hybridized carbons (Fsp3) is 0.259. The van der Waals surface area contributed by atoms with Gasteiger partial charge >= 0.3 is 0 Å². The van der Waals surface area contributed by atoms with Crippen molar-refractivity contribution in [3.05, 3.63) is 98.5 Å². The Morgan fingerprint density at radius 1 is 0.921 bits per heavy atom. The number of amides is 2. The standard InChI is InChI=1S/C27H28Cl3N3O4S/c1-18-12-13-20(15-24(18)30)33(38(3,36)37)17-26(34)32(16-21-22(28)10-7-11-23(21)29)25(27(35)31-2)14-19-8-5-4-6-9-19/h4-13,15,25H,14,16-17H2,1-3H3,(H,31,35)/t25-/m1/s1. The number of carbonyl (C=O) groups is 2. The van der Waals surface area contributed by atoms with E-state index in [1.165, 1.54) is 18.0 Å². The Morgan fingerprint density at radius 3 is 2.11 bits per heavy atom. The van der Waals surface area contributed by atoms with E-state index in [4.69, 9.17) is 34.8 Å². The molecular formula is C27H28Cl3N3O4S. The summed E-state index contributed by atoms with van der Waals surface area (Å²) in [5, 5.41) is 3.60. The third kappa shape index (κ3) is 7.41. The Labute approximate surface area is 238 Å². The Balaban J connectivity index is 2.08. The van der Waals surface area contributed by atoms with Crippen LogP contribution in [0.15, 0.2) is 66.7 Å². The summed E-state index contributed by atoms with van der Waals surface area (Å²) in [6.45, 7) is 1.10. The molecule has 1 N–H and O–H groups in total. The zero-order valence-corrected chi connectivity index (χ0v) is 24.2. The summed E-state index contributed by atoms with van der Waals surface area (Å²) in [6, 6.07) is 17.9. The Kier molecular flexibility index (Phi) is 10.1. The van der Waals surface area contributed by atoms with Gasteiger partial charge in [0.25, 0.3) is 0 Å². The third-order valence-corrected chi connectivity index (χ3v) is 8.29. The maximum absolute atomic E-state index is 13.9. The zero-order valence-electron chi connectivity index (χ0n) is 21.1. The summed E-state index contributed by atoms with van der Waals surface area (Å²) >= 11 is 19.1. The maximum Gasteiger partial charge on any atom is 0.244 e. The summed E-state index contributed by atoms with van der Waals surface area (Å²) in [4.78, 5) is 28.4. The molecule has 0 aliphatic heterocycles. The van der Waals surface area contributed by atoms with Crippen LogP contribution in [0.2, 0.25) is 15.1 Å². The molecule has 11 heteroatoms. The van der Waals surface area contributed by atoms with Gasteiger partial charge in [-0.25, -0.2) is 8.42 Å². The lowest BCUT2D eigenvalue weighted by Gasteiger charge is -2.33. The lowest BCUT2D eigenvalue weighted by atomic mass is 10.0. The van der Waals surface area contributed by atoms with Gasteiger partial charge in [-0.3, -0.25) is 13.9 Å². The molecule has 0 fully saturated rings. The molecule has 1 atom stereocenters. The van der Waals surface area contributed by atoms with Crippen LogP contribution in [0.4, 0.5) is 5.69 Å². The Bertz CT molecular complexity index is 1400. The number of aryl methyl sites for hydroxylation is 1. The molecule has 3 aromatic rings. The number of benzene rings is 3. The predicted octanol–water partition coefficient (Wildman–Crippen LogP) is 5.11. The molecular weight excluding hydrogens is 569 g/mol. The van der Waals surface area contributed by atoms with Gasteiger partial charge in [0.05, 0.1) is 11.9 Å². The minimum atomic E-state index is -3.90. The fourth-order valence-electron chi connectivity index (χ4n) is 3.92. The first-order valence-electron chi connectivity index (χ1n) is 11.6. The van der Waals surface area contributed by atoms with Crippen LogP contribution in [0.5, 0.6) is 0 Å². The lowest BCUT2D eigenvalue weighted by molar-refractivity contribution is -0.139. The SMILES string of the molecule is CNC(=O)[C@@H](Cc1ccccc1)N(Cc1c(Cl)cccc1Cl)C(=O)CN(c1ccc(C)c(Cl)c1)S(C)(=O)=O. The number of nitrogens with zero attached hydrogens (tertiary/aromatic N) is 2. The molecule has 0 aromatic heterocycles. The number of likely N-dealkylation sites (N-methyl/N-ethyl adjacent to an activating group) is 1. The first kappa shape index (κ1) is 29.8. The van der Waals surface area contributed by atoms with Gasteiger partial charge in [-0.2, -0.15) is 0 Å². The number of anilines is 1. The quantitative estimate of drug-likeness (QED) is 0.353. The first-order chi connectivity index (χ1) is 17.9. The second-order valence-corrected chi connectivity index (χ2v) is 11.9. The largest absolute Gasteiger partial charge is 0.357 e. The van der Waals surface area contributed by atoms with E-state index in [1.807, 2.05) is 30.3 Å². The summed E-state index contributed by atoms with van der Waals surface area (Å²) < 4.78 is 26.6. The van der Waals surface area contributed by atoms with Crippen molar-refractivity contribution in [1.82, 2.24) is 10.2 Å². The van der Waals surface area contributed by atoms with Crippen LogP contribution >= 0.6 is 34.8 Å². The highest BCUT2D eigenvalue weighted by Gasteiger charge is 2.33. The molecule has 0 saturated carbocycles. The number of hydrogen-bond acceptors (Lipinski definition) is 4. The minimum Gasteiger partial charge on any atom is -0.357 e. The van der Waals surface area contributed by atoms with Crippen LogP contribution in [-0.2, 0) is 32.6 Å². The molecule has 0 unspecified atom stereocenters. The van der Waals surface area contributed by atoms with E-state index < -0.39 is 34.4 Å². The van der Waals surface area contributed by atoms with Crippen molar-refractivity contribution < 1.29 is 18.0 Å². The van der Waals surface area contributed by atoms with E-state index in [0.29, 0.717) is 20.6 Å². The molecule has 7 nitrogen and oxygen atoms in total. The van der Waals surface area contributed by atoms with Crippen molar-refractivity contribution in [2.24, 2.45) is 0 Å². The summed E-state index contributed by atoms with van der Waals surface area (Å²) in [6.07, 6.45) is 1.19. The highest BCUT2D eigenvalue weighted by Crippen LogP contribution is 2.29. The molecule has 38 heavy (non-hydrogen) atoms. The van der Waals surface area contributed by atoms with Crippen LogP contribution < -0.4 is 9.62 Å². The van der Waals surface area contributed by atoms with Crippen LogP contribution in [-0.4, -0.2) is 51.0 Å². The molecule has 2 amide bonds. The fourth-order valence-corrected chi connectivity index (χ4v) is 5.46. The van der Waals surface area contributed by atoms with E-state index >= 15 is 0 Å². The van der Waals surface area contributed by atoms with Crippen LogP contribution in [0.3, 0.4) is 0 Å². The molecule has 0 spiro atoms. The van der Waals surface area contributed by atoms with Gasteiger partial charge < -0.3 is 10.2 Å². The summed E-state index contributed by atoms with van der Waals surface area (Å²) in [5.41, 5.74) is 2.24. The smallest absolute Gasteiger partial charge is 0.244 e. The lowest BCUT2D eigenvalue weighted by Crippen LogP contribution is -2.53. The number of rotatable bonds is 10. The predicted molar refractivity (Wildman–Crippen MR) is 153 cm³/mol. The highest BCUT2D eigenvalue weighted by atomic mass is 35.5. The Morgan fingerprint density at radius 2 is 1.55 bits per heavy atom. The van der Waals surface area contributed by atoms with E-state index in [0.717, 1.165) is 21.7 Å². The average molecular weight is 597 g/mol. The molecule has 3 aromatic carbocycles. The average Bonchev–Trinajstić information content (AvgIpc) is 2.87. The van der Waals surface area contributed by atoms with Gasteiger partial charge in [-0.1, -0.05) is 77.3 Å². The van der Waals surface area contributed by atoms with E-state index in [-0.39, 0.29) is 18.7 Å². The molecule has 202 valence electrons. The maximum atomic E-state index is 13.9. The van der Waals surface area contributed by atoms with E-state index in [2.05, 4.69) is 5.32 Å². The van der Waals surface area contributed by atoms with Gasteiger partial charge in [-0.05, 0) is 42.3 Å². The second kappa shape index (κ2) is 12.8. The van der Waals surface area contributed by atoms with Crippen molar-refractivity contribution in [2.75, 3.05) is 24.2 Å². The Hall–Kier alpha value is -2.78.